The van der Waals surface area contributed by atoms with Gasteiger partial charge >= 0.3 is 5.97 Å². The van der Waals surface area contributed by atoms with Crippen LogP contribution in [0.2, 0.25) is 0 Å². The molecule has 1 amide bonds. The summed E-state index contributed by atoms with van der Waals surface area (Å²) in [5.74, 6) is -1.65. The second-order valence-corrected chi connectivity index (χ2v) is 10.7. The summed E-state index contributed by atoms with van der Waals surface area (Å²) in [5, 5.41) is 24.1. The number of nitrogens with two attached hydrogens (primary N) is 1. The average molecular weight is 564 g/mol. The van der Waals surface area contributed by atoms with Crippen molar-refractivity contribution in [3.8, 4) is 17.2 Å². The number of nitrogens with zero attached hydrogens (tertiary/aromatic N) is 3. The zero-order valence-electron chi connectivity index (χ0n) is 21.9. The van der Waals surface area contributed by atoms with Gasteiger partial charge in [0.2, 0.25) is 15.9 Å². The van der Waals surface area contributed by atoms with Gasteiger partial charge in [0, 0.05) is 11.3 Å². The number of hydrogen-bond donors (Lipinski definition) is 3. The molecule has 0 heterocycles. The Kier molecular flexibility index (Phi) is 9.97. The van der Waals surface area contributed by atoms with Crippen molar-refractivity contribution in [2.24, 2.45) is 10.9 Å². The third-order valence-electron chi connectivity index (χ3n) is 5.94. The van der Waals surface area contributed by atoms with Crippen molar-refractivity contribution in [3.63, 3.8) is 0 Å². The molecule has 3 aromatic carbocycles. The summed E-state index contributed by atoms with van der Waals surface area (Å²) >= 11 is 0. The van der Waals surface area contributed by atoms with E-state index < -0.39 is 34.5 Å². The Hall–Kier alpha value is -4.73. The van der Waals surface area contributed by atoms with E-state index in [1.165, 1.54) is 0 Å². The number of ether oxygens (including phenoxy) is 1. The van der Waals surface area contributed by atoms with Crippen LogP contribution in [0.3, 0.4) is 0 Å². The van der Waals surface area contributed by atoms with Crippen molar-refractivity contribution in [3.05, 3.63) is 89.5 Å². The molecule has 0 bridgehead atoms. The highest BCUT2D eigenvalue weighted by Crippen LogP contribution is 2.25. The molecule has 12 heteroatoms. The van der Waals surface area contributed by atoms with Gasteiger partial charge in [0.15, 0.2) is 5.84 Å². The van der Waals surface area contributed by atoms with Gasteiger partial charge in [-0.1, -0.05) is 53.7 Å². The van der Waals surface area contributed by atoms with Crippen molar-refractivity contribution in [2.45, 2.75) is 19.4 Å². The molecule has 0 aliphatic rings. The van der Waals surface area contributed by atoms with Gasteiger partial charge in [0.05, 0.1) is 24.5 Å². The van der Waals surface area contributed by atoms with Crippen LogP contribution >= 0.6 is 0 Å². The predicted octanol–water partition coefficient (Wildman–Crippen LogP) is 2.69. The van der Waals surface area contributed by atoms with Crippen LogP contribution in [0.15, 0.2) is 78.0 Å². The first kappa shape index (κ1) is 29.8. The number of carbonyl (C=O) groups is 2. The molecule has 0 fully saturated rings. The van der Waals surface area contributed by atoms with Crippen LogP contribution in [0, 0.1) is 11.3 Å². The van der Waals surface area contributed by atoms with E-state index >= 15 is 0 Å². The minimum atomic E-state index is -4.06. The van der Waals surface area contributed by atoms with Crippen LogP contribution in [-0.4, -0.2) is 61.1 Å². The highest BCUT2D eigenvalue weighted by Gasteiger charge is 2.35. The quantitative estimate of drug-likeness (QED) is 0.105. The van der Waals surface area contributed by atoms with Crippen molar-refractivity contribution in [1.29, 1.82) is 5.26 Å². The maximum Gasteiger partial charge on any atom is 0.321 e. The van der Waals surface area contributed by atoms with Crippen LogP contribution in [0.5, 0.6) is 0 Å². The van der Waals surface area contributed by atoms with E-state index in [4.69, 9.17) is 15.7 Å². The van der Waals surface area contributed by atoms with Crippen molar-refractivity contribution in [2.75, 3.05) is 24.7 Å². The second-order valence-electron chi connectivity index (χ2n) is 8.74. The number of hydrogen-bond acceptors (Lipinski definition) is 8. The Morgan fingerprint density at radius 1 is 1.12 bits per heavy atom. The molecule has 3 aromatic rings. The molecule has 4 N–H and O–H groups in total. The van der Waals surface area contributed by atoms with Gasteiger partial charge in [-0.15, -0.1) is 0 Å². The van der Waals surface area contributed by atoms with Gasteiger partial charge in [-0.2, -0.15) is 9.57 Å². The minimum absolute atomic E-state index is 0.0381. The van der Waals surface area contributed by atoms with Crippen molar-refractivity contribution >= 4 is 33.4 Å². The summed E-state index contributed by atoms with van der Waals surface area (Å²) in [4.78, 5) is 25.9. The molecule has 0 spiro atoms. The molecule has 0 aliphatic heterocycles. The Morgan fingerprint density at radius 3 is 2.45 bits per heavy atom. The number of nitriles is 1. The van der Waals surface area contributed by atoms with Crippen molar-refractivity contribution in [1.82, 2.24) is 4.31 Å². The number of sulfonamides is 1. The number of anilines is 1. The molecule has 3 rings (SSSR count). The first-order valence-electron chi connectivity index (χ1n) is 12.2. The van der Waals surface area contributed by atoms with E-state index in [2.05, 4.69) is 16.5 Å². The standard InChI is InChI=1S/C28H29N5O6S/c1-3-39-26(34)18-33(40(2,37)38)25(16-19-7-6-9-21(15-19)27(30)32-36)28(35)31-23-13-11-20(12-14-23)24-10-5-4-8-22(24)17-29/h4-15,25,36H,3,16,18H2,1-2H3,(H2,30,32)(H,31,35). The number of benzene rings is 3. The lowest BCUT2D eigenvalue weighted by atomic mass is 10.00. The van der Waals surface area contributed by atoms with E-state index in [9.17, 15) is 23.3 Å². The molecular formula is C28H29N5O6S. The van der Waals surface area contributed by atoms with E-state index in [1.54, 1.807) is 67.6 Å². The predicted molar refractivity (Wildman–Crippen MR) is 150 cm³/mol. The van der Waals surface area contributed by atoms with Gasteiger partial charge in [-0.05, 0) is 54.3 Å². The lowest BCUT2D eigenvalue weighted by Gasteiger charge is -2.28. The zero-order chi connectivity index (χ0) is 29.3. The highest BCUT2D eigenvalue weighted by atomic mass is 32.2. The molecule has 0 saturated carbocycles. The largest absolute Gasteiger partial charge is 0.465 e. The summed E-state index contributed by atoms with van der Waals surface area (Å²) < 4.78 is 31.3. The number of amides is 1. The highest BCUT2D eigenvalue weighted by molar-refractivity contribution is 7.88. The normalized spacial score (nSPS) is 12.4. The zero-order valence-corrected chi connectivity index (χ0v) is 22.8. The number of oxime groups is 1. The molecule has 0 aliphatic carbocycles. The van der Waals surface area contributed by atoms with Crippen LogP contribution in [0.25, 0.3) is 11.1 Å². The third kappa shape index (κ3) is 7.66. The Bertz CT molecular complexity index is 1550. The van der Waals surface area contributed by atoms with Crippen LogP contribution in [-0.2, 0) is 30.8 Å². The molecule has 208 valence electrons. The number of nitrogens with one attached hydrogen (secondary N) is 1. The molecule has 11 nitrogen and oxygen atoms in total. The first-order chi connectivity index (χ1) is 19.1. The number of amidine groups is 1. The monoisotopic (exact) mass is 563 g/mol. The Balaban J connectivity index is 1.96. The summed E-state index contributed by atoms with van der Waals surface area (Å²) in [6.45, 7) is 0.954. The fraction of sp³-hybridized carbons (Fsp3) is 0.214. The number of carbonyl (C=O) groups excluding carboxylic acids is 2. The van der Waals surface area contributed by atoms with E-state index in [1.807, 2.05) is 12.1 Å². The van der Waals surface area contributed by atoms with Gasteiger partial charge in [-0.3, -0.25) is 9.59 Å². The van der Waals surface area contributed by atoms with Crippen molar-refractivity contribution < 1.29 is 28.0 Å². The lowest BCUT2D eigenvalue weighted by molar-refractivity contribution is -0.143. The SMILES string of the molecule is CCOC(=O)CN(C(Cc1cccc(/C(N)=N/O)c1)C(=O)Nc1ccc(-c2ccccc2C#N)cc1)S(C)(=O)=O. The topological polar surface area (TPSA) is 175 Å². The summed E-state index contributed by atoms with van der Waals surface area (Å²) in [6.07, 6.45) is 0.777. The minimum Gasteiger partial charge on any atom is -0.465 e. The Labute approximate surface area is 232 Å². The summed E-state index contributed by atoms with van der Waals surface area (Å²) in [6, 6.07) is 21.0. The Morgan fingerprint density at radius 2 is 1.82 bits per heavy atom. The van der Waals surface area contributed by atoms with E-state index in [0.29, 0.717) is 22.4 Å². The lowest BCUT2D eigenvalue weighted by Crippen LogP contribution is -2.50. The van der Waals surface area contributed by atoms with Crippen LogP contribution in [0.4, 0.5) is 5.69 Å². The molecule has 0 saturated heterocycles. The van der Waals surface area contributed by atoms with Gasteiger partial charge in [0.25, 0.3) is 0 Å². The average Bonchev–Trinajstić information content (AvgIpc) is 2.94. The number of rotatable bonds is 11. The molecule has 40 heavy (non-hydrogen) atoms. The van der Waals surface area contributed by atoms with Crippen LogP contribution in [0.1, 0.15) is 23.6 Å². The molecule has 0 aromatic heterocycles. The van der Waals surface area contributed by atoms with Gasteiger partial charge in [0.1, 0.15) is 12.6 Å². The molecule has 0 radical (unpaired) electrons. The third-order valence-corrected chi connectivity index (χ3v) is 7.17. The molecular weight excluding hydrogens is 534 g/mol. The van der Waals surface area contributed by atoms with E-state index in [0.717, 1.165) is 21.7 Å². The second kappa shape index (κ2) is 13.4. The maximum atomic E-state index is 13.6. The van der Waals surface area contributed by atoms with Gasteiger partial charge in [-0.25, -0.2) is 8.42 Å². The molecule has 1 atom stereocenters. The maximum absolute atomic E-state index is 13.6. The smallest absolute Gasteiger partial charge is 0.321 e. The fourth-order valence-electron chi connectivity index (χ4n) is 4.05. The fourth-order valence-corrected chi connectivity index (χ4v) is 5.02. The van der Waals surface area contributed by atoms with E-state index in [-0.39, 0.29) is 18.9 Å². The molecule has 1 unspecified atom stereocenters. The summed E-state index contributed by atoms with van der Waals surface area (Å²) in [7, 11) is -4.06. The van der Waals surface area contributed by atoms with Crippen LogP contribution < -0.4 is 11.1 Å². The first-order valence-corrected chi connectivity index (χ1v) is 14.0. The summed E-state index contributed by atoms with van der Waals surface area (Å²) in [5.41, 5.74) is 8.92. The number of esters is 1. The van der Waals surface area contributed by atoms with Gasteiger partial charge < -0.3 is 21.0 Å².